The van der Waals surface area contributed by atoms with Gasteiger partial charge in [0.1, 0.15) is 5.82 Å². The molecule has 1 aliphatic heterocycles. The minimum absolute atomic E-state index is 0.322. The van der Waals surface area contributed by atoms with E-state index in [1.54, 1.807) is 30.3 Å². The fourth-order valence-corrected chi connectivity index (χ4v) is 3.53. The predicted molar refractivity (Wildman–Crippen MR) is 112 cm³/mol. The van der Waals surface area contributed by atoms with Gasteiger partial charge < -0.3 is 20.4 Å². The highest BCUT2D eigenvalue weighted by atomic mass is 19.1. The summed E-state index contributed by atoms with van der Waals surface area (Å²) in [7, 11) is 0. The summed E-state index contributed by atoms with van der Waals surface area (Å²) in [4.78, 5) is 17.0. The lowest BCUT2D eigenvalue weighted by atomic mass is 10.0. The lowest BCUT2D eigenvalue weighted by Crippen LogP contribution is -2.46. The number of carbonyl (C=O) groups is 1. The quantitative estimate of drug-likeness (QED) is 0.809. The third-order valence-corrected chi connectivity index (χ3v) is 5.24. The van der Waals surface area contributed by atoms with Crippen LogP contribution in [0.5, 0.6) is 0 Å². The number of piperazine rings is 1. The van der Waals surface area contributed by atoms with Gasteiger partial charge in [-0.3, -0.25) is 0 Å². The van der Waals surface area contributed by atoms with E-state index in [0.29, 0.717) is 11.3 Å². The van der Waals surface area contributed by atoms with Gasteiger partial charge in [-0.2, -0.15) is 5.26 Å². The molecule has 2 N–H and O–H groups in total. The molecule has 0 bridgehead atoms. The maximum Gasteiger partial charge on any atom is 0.319 e. The standard InChI is InChI=1S/C22H26FN5O/c1-3-27-10-12-28(13-11-27)21-9-6-18(23)14-20(21)16(2)25-22(29)26-19-7-4-17(15-24)5-8-19/h4-9,14,16H,3,10-13H2,1-2H3,(H2,25,26,29). The van der Waals surface area contributed by atoms with Crippen LogP contribution in [0.1, 0.15) is 31.0 Å². The highest BCUT2D eigenvalue weighted by molar-refractivity contribution is 5.89. The highest BCUT2D eigenvalue weighted by Crippen LogP contribution is 2.28. The molecule has 0 saturated carbocycles. The lowest BCUT2D eigenvalue weighted by Gasteiger charge is -2.37. The van der Waals surface area contributed by atoms with Crippen LogP contribution in [0.4, 0.5) is 20.6 Å². The first kappa shape index (κ1) is 20.6. The van der Waals surface area contributed by atoms with E-state index >= 15 is 0 Å². The van der Waals surface area contributed by atoms with Crippen molar-refractivity contribution < 1.29 is 9.18 Å². The summed E-state index contributed by atoms with van der Waals surface area (Å²) < 4.78 is 14.0. The normalized spacial score (nSPS) is 15.4. The third kappa shape index (κ3) is 5.24. The second kappa shape index (κ2) is 9.39. The van der Waals surface area contributed by atoms with Gasteiger partial charge in [-0.05, 0) is 55.9 Å². The Kier molecular flexibility index (Phi) is 6.68. The molecule has 3 rings (SSSR count). The summed E-state index contributed by atoms with van der Waals surface area (Å²) in [5.74, 6) is -0.322. The van der Waals surface area contributed by atoms with Crippen LogP contribution in [0.3, 0.4) is 0 Å². The summed E-state index contributed by atoms with van der Waals surface area (Å²) in [5.41, 5.74) is 2.82. The Morgan fingerprint density at radius 3 is 2.48 bits per heavy atom. The average Bonchev–Trinajstić information content (AvgIpc) is 2.74. The minimum atomic E-state index is -0.381. The first-order valence-electron chi connectivity index (χ1n) is 9.84. The van der Waals surface area contributed by atoms with Gasteiger partial charge in [0.05, 0.1) is 17.7 Å². The maximum absolute atomic E-state index is 14.0. The largest absolute Gasteiger partial charge is 0.369 e. The SMILES string of the molecule is CCN1CCN(c2ccc(F)cc2C(C)NC(=O)Nc2ccc(C#N)cc2)CC1. The van der Waals surface area contributed by atoms with Gasteiger partial charge in [0, 0.05) is 43.1 Å². The number of anilines is 2. The Morgan fingerprint density at radius 2 is 1.86 bits per heavy atom. The zero-order valence-electron chi connectivity index (χ0n) is 16.8. The second-order valence-electron chi connectivity index (χ2n) is 7.13. The number of halogens is 1. The van der Waals surface area contributed by atoms with Crippen LogP contribution in [0.2, 0.25) is 0 Å². The van der Waals surface area contributed by atoms with Gasteiger partial charge in [-0.1, -0.05) is 6.92 Å². The molecule has 1 heterocycles. The van der Waals surface area contributed by atoms with E-state index in [9.17, 15) is 9.18 Å². The predicted octanol–water partition coefficient (Wildman–Crippen LogP) is 3.72. The van der Waals surface area contributed by atoms with Gasteiger partial charge in [0.2, 0.25) is 0 Å². The van der Waals surface area contributed by atoms with Crippen LogP contribution in [0, 0.1) is 17.1 Å². The molecule has 7 heteroatoms. The first-order valence-corrected chi connectivity index (χ1v) is 9.84. The van der Waals surface area contributed by atoms with Crippen molar-refractivity contribution in [2.24, 2.45) is 0 Å². The van der Waals surface area contributed by atoms with E-state index < -0.39 is 0 Å². The van der Waals surface area contributed by atoms with E-state index in [1.165, 1.54) is 12.1 Å². The zero-order chi connectivity index (χ0) is 20.8. The monoisotopic (exact) mass is 395 g/mol. The van der Waals surface area contributed by atoms with Crippen LogP contribution in [0.25, 0.3) is 0 Å². The van der Waals surface area contributed by atoms with Gasteiger partial charge in [-0.25, -0.2) is 9.18 Å². The number of nitrogens with one attached hydrogen (secondary N) is 2. The molecular formula is C22H26FN5O. The van der Waals surface area contributed by atoms with Crippen LogP contribution in [-0.4, -0.2) is 43.7 Å². The van der Waals surface area contributed by atoms with Crippen LogP contribution >= 0.6 is 0 Å². The van der Waals surface area contributed by atoms with E-state index in [2.05, 4.69) is 27.4 Å². The molecule has 0 radical (unpaired) electrons. The molecule has 2 amide bonds. The number of hydrogen-bond donors (Lipinski definition) is 2. The number of amides is 2. The summed E-state index contributed by atoms with van der Waals surface area (Å²) in [6, 6.07) is 12.7. The van der Waals surface area contributed by atoms with Crippen molar-refractivity contribution in [3.63, 3.8) is 0 Å². The number of benzene rings is 2. The fourth-order valence-electron chi connectivity index (χ4n) is 3.53. The van der Waals surface area contributed by atoms with Crippen molar-refractivity contribution in [2.45, 2.75) is 19.9 Å². The fraction of sp³-hybridized carbons (Fsp3) is 0.364. The van der Waals surface area contributed by atoms with Crippen LogP contribution < -0.4 is 15.5 Å². The molecule has 1 fully saturated rings. The molecule has 152 valence electrons. The molecule has 29 heavy (non-hydrogen) atoms. The van der Waals surface area contributed by atoms with Crippen molar-refractivity contribution in [2.75, 3.05) is 42.9 Å². The molecule has 2 aromatic rings. The lowest BCUT2D eigenvalue weighted by molar-refractivity contribution is 0.249. The van der Waals surface area contributed by atoms with Gasteiger partial charge in [0.15, 0.2) is 0 Å². The Labute approximate surface area is 170 Å². The van der Waals surface area contributed by atoms with Crippen LogP contribution in [0.15, 0.2) is 42.5 Å². The van der Waals surface area contributed by atoms with Gasteiger partial charge >= 0.3 is 6.03 Å². The molecule has 1 aliphatic rings. The van der Waals surface area contributed by atoms with E-state index in [0.717, 1.165) is 44.0 Å². The van der Waals surface area contributed by atoms with Crippen molar-refractivity contribution in [1.29, 1.82) is 5.26 Å². The third-order valence-electron chi connectivity index (χ3n) is 5.24. The van der Waals surface area contributed by atoms with Crippen molar-refractivity contribution in [3.05, 3.63) is 59.4 Å². The number of hydrogen-bond acceptors (Lipinski definition) is 4. The average molecular weight is 395 g/mol. The van der Waals surface area contributed by atoms with Crippen LogP contribution in [-0.2, 0) is 0 Å². The number of rotatable bonds is 5. The molecule has 6 nitrogen and oxygen atoms in total. The summed E-state index contributed by atoms with van der Waals surface area (Å²) in [5, 5.41) is 14.5. The molecule has 0 aromatic heterocycles. The summed E-state index contributed by atoms with van der Waals surface area (Å²) in [6.45, 7) is 8.70. The molecule has 1 saturated heterocycles. The van der Waals surface area contributed by atoms with E-state index in [-0.39, 0.29) is 17.9 Å². The van der Waals surface area contributed by atoms with Crippen molar-refractivity contribution in [3.8, 4) is 6.07 Å². The molecule has 1 atom stereocenters. The number of likely N-dealkylation sites (N-methyl/N-ethyl adjacent to an activating group) is 1. The maximum atomic E-state index is 14.0. The minimum Gasteiger partial charge on any atom is -0.369 e. The Morgan fingerprint density at radius 1 is 1.17 bits per heavy atom. The first-order chi connectivity index (χ1) is 14.0. The number of urea groups is 1. The van der Waals surface area contributed by atoms with E-state index in [4.69, 9.17) is 5.26 Å². The summed E-state index contributed by atoms with van der Waals surface area (Å²) >= 11 is 0. The van der Waals surface area contributed by atoms with Crippen molar-refractivity contribution >= 4 is 17.4 Å². The zero-order valence-corrected chi connectivity index (χ0v) is 16.8. The van der Waals surface area contributed by atoms with Gasteiger partial charge in [0.25, 0.3) is 0 Å². The molecule has 2 aromatic carbocycles. The topological polar surface area (TPSA) is 71.4 Å². The van der Waals surface area contributed by atoms with Crippen molar-refractivity contribution in [1.82, 2.24) is 10.2 Å². The Bertz CT molecular complexity index is 885. The van der Waals surface area contributed by atoms with Gasteiger partial charge in [-0.15, -0.1) is 0 Å². The number of nitrogens with zero attached hydrogens (tertiary/aromatic N) is 3. The molecule has 0 spiro atoms. The summed E-state index contributed by atoms with van der Waals surface area (Å²) in [6.07, 6.45) is 0. The number of nitriles is 1. The Balaban J connectivity index is 1.69. The molecular weight excluding hydrogens is 369 g/mol. The molecule has 0 aliphatic carbocycles. The Hall–Kier alpha value is -3.11. The van der Waals surface area contributed by atoms with E-state index in [1.807, 2.05) is 13.0 Å². The molecule has 1 unspecified atom stereocenters. The number of carbonyl (C=O) groups excluding carboxylic acids is 1. The highest BCUT2D eigenvalue weighted by Gasteiger charge is 2.21. The second-order valence-corrected chi connectivity index (χ2v) is 7.13. The smallest absolute Gasteiger partial charge is 0.319 e.